The van der Waals surface area contributed by atoms with Gasteiger partial charge in [-0.05, 0) is 33.4 Å². The molecule has 0 aliphatic rings. The third-order valence-corrected chi connectivity index (χ3v) is 3.83. The van der Waals surface area contributed by atoms with E-state index >= 15 is 0 Å². The van der Waals surface area contributed by atoms with Gasteiger partial charge in [-0.1, -0.05) is 106 Å². The molecule has 0 atom stereocenters. The van der Waals surface area contributed by atoms with Gasteiger partial charge in [0, 0.05) is 0 Å². The van der Waals surface area contributed by atoms with Crippen LogP contribution in [0.3, 0.4) is 0 Å². The van der Waals surface area contributed by atoms with Crippen LogP contribution in [-0.4, -0.2) is 0 Å². The van der Waals surface area contributed by atoms with E-state index in [1.54, 1.807) is 0 Å². The molecule has 0 amide bonds. The minimum atomic E-state index is 0. The highest BCUT2D eigenvalue weighted by Gasteiger charge is 2.05. The van der Waals surface area contributed by atoms with Crippen molar-refractivity contribution in [1.82, 2.24) is 0 Å². The van der Waals surface area contributed by atoms with E-state index in [4.69, 9.17) is 0 Å². The summed E-state index contributed by atoms with van der Waals surface area (Å²) in [6.45, 7) is 8.41. The number of hydrogen-bond acceptors (Lipinski definition) is 0. The molecule has 114 valence electrons. The van der Waals surface area contributed by atoms with E-state index in [0.717, 1.165) is 33.4 Å². The number of benzene rings is 3. The second-order valence-electron chi connectivity index (χ2n) is 5.27. The van der Waals surface area contributed by atoms with E-state index < -0.39 is 0 Å². The molecule has 0 bridgehead atoms. The maximum atomic E-state index is 4.21. The van der Waals surface area contributed by atoms with Crippen molar-refractivity contribution >= 4 is 11.1 Å². The molecule has 0 spiro atoms. The first-order valence-corrected chi connectivity index (χ1v) is 7.35. The first-order chi connectivity index (χ1) is 10.8. The Hall–Kier alpha value is -2.86. The number of hydrogen-bond donors (Lipinski definition) is 0. The van der Waals surface area contributed by atoms with Crippen LogP contribution < -0.4 is 0 Å². The average Bonchev–Trinajstić information content (AvgIpc) is 2.62. The molecule has 23 heavy (non-hydrogen) atoms. The Morgan fingerprint density at radius 1 is 0.435 bits per heavy atom. The Morgan fingerprint density at radius 2 is 0.696 bits per heavy atom. The molecule has 0 saturated heterocycles. The van der Waals surface area contributed by atoms with E-state index in [2.05, 4.69) is 61.7 Å². The molecule has 0 aromatic heterocycles. The van der Waals surface area contributed by atoms with Gasteiger partial charge >= 0.3 is 0 Å². The van der Waals surface area contributed by atoms with Crippen LogP contribution in [0.4, 0.5) is 0 Å². The first kappa shape index (κ1) is 16.5. The van der Waals surface area contributed by atoms with Gasteiger partial charge in [-0.3, -0.25) is 0 Å². The van der Waals surface area contributed by atoms with Crippen molar-refractivity contribution in [2.24, 2.45) is 0 Å². The lowest BCUT2D eigenvalue weighted by atomic mass is 9.95. The molecule has 0 aliphatic heterocycles. The third-order valence-electron chi connectivity index (χ3n) is 3.83. The molecule has 3 aromatic rings. The summed E-state index contributed by atoms with van der Waals surface area (Å²) in [5.74, 6) is 0. The van der Waals surface area contributed by atoms with Crippen LogP contribution in [-0.2, 0) is 0 Å². The molecule has 0 saturated carbocycles. The van der Waals surface area contributed by atoms with Gasteiger partial charge in [-0.25, -0.2) is 0 Å². The van der Waals surface area contributed by atoms with Crippen LogP contribution in [0.2, 0.25) is 0 Å². The largest absolute Gasteiger partial charge is 0.0906 e. The summed E-state index contributed by atoms with van der Waals surface area (Å²) in [7, 11) is 0. The second kappa shape index (κ2) is 7.42. The van der Waals surface area contributed by atoms with Crippen molar-refractivity contribution in [2.45, 2.75) is 7.43 Å². The minimum absolute atomic E-state index is 0. The summed E-state index contributed by atoms with van der Waals surface area (Å²) >= 11 is 0. The third kappa shape index (κ3) is 3.67. The standard InChI is InChI=1S/C22H18.CH4/c1-17(19-9-5-3-6-10-19)21-13-15-22(16-14-21)18(2)20-11-7-4-8-12-20;/h3-16H,1-2H2;1H4. The predicted molar refractivity (Wildman–Crippen MR) is 102 cm³/mol. The highest BCUT2D eigenvalue weighted by atomic mass is 14.1. The zero-order valence-electron chi connectivity index (χ0n) is 12.5. The molecule has 0 unspecified atom stereocenters. The Bertz CT molecular complexity index is 708. The van der Waals surface area contributed by atoms with Gasteiger partial charge in [0.25, 0.3) is 0 Å². The molecule has 0 fully saturated rings. The van der Waals surface area contributed by atoms with Crippen molar-refractivity contribution < 1.29 is 0 Å². The van der Waals surface area contributed by atoms with Crippen molar-refractivity contribution in [1.29, 1.82) is 0 Å². The second-order valence-corrected chi connectivity index (χ2v) is 5.27. The Balaban J connectivity index is 0.00000192. The highest BCUT2D eigenvalue weighted by molar-refractivity contribution is 5.81. The van der Waals surface area contributed by atoms with Gasteiger partial charge < -0.3 is 0 Å². The van der Waals surface area contributed by atoms with Gasteiger partial charge in [0.1, 0.15) is 0 Å². The first-order valence-electron chi connectivity index (χ1n) is 7.35. The molecule has 3 rings (SSSR count). The van der Waals surface area contributed by atoms with Gasteiger partial charge in [0.05, 0.1) is 0 Å². The molecule has 0 N–H and O–H groups in total. The Kier molecular flexibility index (Phi) is 5.32. The van der Waals surface area contributed by atoms with Crippen molar-refractivity contribution in [3.05, 3.63) is 120 Å². The zero-order valence-corrected chi connectivity index (χ0v) is 12.5. The van der Waals surface area contributed by atoms with E-state index in [0.29, 0.717) is 0 Å². The van der Waals surface area contributed by atoms with Gasteiger partial charge in [0.2, 0.25) is 0 Å². The molecular formula is C23H22. The van der Waals surface area contributed by atoms with Gasteiger partial charge in [-0.15, -0.1) is 0 Å². The number of rotatable bonds is 4. The highest BCUT2D eigenvalue weighted by Crippen LogP contribution is 2.25. The summed E-state index contributed by atoms with van der Waals surface area (Å²) in [6, 6.07) is 28.9. The minimum Gasteiger partial charge on any atom is -0.0906 e. The summed E-state index contributed by atoms with van der Waals surface area (Å²) in [4.78, 5) is 0. The van der Waals surface area contributed by atoms with Gasteiger partial charge in [0.15, 0.2) is 0 Å². The summed E-state index contributed by atoms with van der Waals surface area (Å²) in [5, 5.41) is 0. The predicted octanol–water partition coefficient (Wildman–Crippen LogP) is 6.45. The zero-order chi connectivity index (χ0) is 15.4. The van der Waals surface area contributed by atoms with Crippen molar-refractivity contribution in [3.8, 4) is 0 Å². The monoisotopic (exact) mass is 298 g/mol. The van der Waals surface area contributed by atoms with Crippen LogP contribution in [0.1, 0.15) is 29.7 Å². The molecule has 0 radical (unpaired) electrons. The summed E-state index contributed by atoms with van der Waals surface area (Å²) in [5.41, 5.74) is 6.65. The van der Waals surface area contributed by atoms with Gasteiger partial charge in [-0.2, -0.15) is 0 Å². The van der Waals surface area contributed by atoms with E-state index in [1.807, 2.05) is 36.4 Å². The normalized spacial score (nSPS) is 9.74. The Morgan fingerprint density at radius 3 is 1.00 bits per heavy atom. The molecular weight excluding hydrogens is 276 g/mol. The van der Waals surface area contributed by atoms with E-state index in [9.17, 15) is 0 Å². The molecule has 0 heteroatoms. The molecule has 0 aliphatic carbocycles. The topological polar surface area (TPSA) is 0 Å². The summed E-state index contributed by atoms with van der Waals surface area (Å²) < 4.78 is 0. The lowest BCUT2D eigenvalue weighted by Gasteiger charge is -2.09. The van der Waals surface area contributed by atoms with Crippen LogP contribution in [0.15, 0.2) is 98.1 Å². The van der Waals surface area contributed by atoms with E-state index in [-0.39, 0.29) is 7.43 Å². The van der Waals surface area contributed by atoms with Crippen molar-refractivity contribution in [3.63, 3.8) is 0 Å². The van der Waals surface area contributed by atoms with Crippen LogP contribution in [0.5, 0.6) is 0 Å². The van der Waals surface area contributed by atoms with Crippen molar-refractivity contribution in [2.75, 3.05) is 0 Å². The smallest absolute Gasteiger partial charge is 0.0183 e. The fourth-order valence-corrected chi connectivity index (χ4v) is 2.48. The SMILES string of the molecule is C.C=C(c1ccccc1)c1ccc(C(=C)c2ccccc2)cc1. The maximum absolute atomic E-state index is 4.21. The molecule has 3 aromatic carbocycles. The summed E-state index contributed by atoms with van der Waals surface area (Å²) in [6.07, 6.45) is 0. The maximum Gasteiger partial charge on any atom is -0.0183 e. The fourth-order valence-electron chi connectivity index (χ4n) is 2.48. The average molecular weight is 298 g/mol. The van der Waals surface area contributed by atoms with Crippen LogP contribution in [0, 0.1) is 0 Å². The van der Waals surface area contributed by atoms with Crippen LogP contribution in [0.25, 0.3) is 11.1 Å². The molecule has 0 heterocycles. The quantitative estimate of drug-likeness (QED) is 0.519. The molecule has 0 nitrogen and oxygen atoms in total. The lowest BCUT2D eigenvalue weighted by Crippen LogP contribution is -1.89. The van der Waals surface area contributed by atoms with E-state index in [1.165, 1.54) is 0 Å². The Labute approximate surface area is 139 Å². The van der Waals surface area contributed by atoms with Crippen LogP contribution >= 0.6 is 0 Å². The fraction of sp³-hybridized carbons (Fsp3) is 0.0435. The lowest BCUT2D eigenvalue weighted by molar-refractivity contribution is 1.51.